The summed E-state index contributed by atoms with van der Waals surface area (Å²) in [5.41, 5.74) is 5.85. The molecule has 0 fully saturated rings. The number of aliphatic hydroxyl groups excluding tert-OH is 2. The minimum Gasteiger partial charge on any atom is -0.481 e. The predicted molar refractivity (Wildman–Crippen MR) is 148 cm³/mol. The van der Waals surface area contributed by atoms with Gasteiger partial charge in [-0.2, -0.15) is 0 Å². The third-order valence-electron chi connectivity index (χ3n) is 4.64. The molecule has 0 aliphatic carbocycles. The second-order valence-corrected chi connectivity index (χ2v) is 9.16. The molecule has 7 N–H and O–H groups in total. The molecule has 0 aromatic rings. The lowest BCUT2D eigenvalue weighted by molar-refractivity contribution is -0.138. The molecular formula is C27H40N2O7S. The van der Waals surface area contributed by atoms with Crippen LogP contribution < -0.4 is 11.1 Å². The Hall–Kier alpha value is -2.92. The summed E-state index contributed by atoms with van der Waals surface area (Å²) in [5, 5.41) is 39.6. The largest absolute Gasteiger partial charge is 0.481 e. The van der Waals surface area contributed by atoms with Crippen LogP contribution in [0.5, 0.6) is 0 Å². The Kier molecular flexibility index (Phi) is 20.5. The monoisotopic (exact) mass is 536 g/mol. The van der Waals surface area contributed by atoms with E-state index in [0.717, 1.165) is 6.42 Å². The molecule has 9 nitrogen and oxygen atoms in total. The SMILES string of the molecule is CC/C=C\C[C@H](O)/C=C/C=C\C=C\C=C[C@H](SC[C@H](N)C(=O)NCC(=O)O)[C@H](O)C/C=C\CCC(=O)O. The predicted octanol–water partition coefficient (Wildman–Crippen LogP) is 2.73. The number of nitrogens with one attached hydrogen (secondary N) is 1. The van der Waals surface area contributed by atoms with Crippen LogP contribution in [-0.4, -0.2) is 74.1 Å². The van der Waals surface area contributed by atoms with E-state index in [1.807, 2.05) is 19.1 Å². The molecule has 0 aromatic carbocycles. The molecule has 0 radical (unpaired) electrons. The number of carboxylic acids is 2. The topological polar surface area (TPSA) is 170 Å². The Morgan fingerprint density at radius 2 is 1.49 bits per heavy atom. The summed E-state index contributed by atoms with van der Waals surface area (Å²) in [4.78, 5) is 33.1. The third kappa shape index (κ3) is 20.9. The van der Waals surface area contributed by atoms with E-state index in [0.29, 0.717) is 12.8 Å². The van der Waals surface area contributed by atoms with E-state index in [4.69, 9.17) is 15.9 Å². The lowest BCUT2D eigenvalue weighted by Gasteiger charge is -2.20. The van der Waals surface area contributed by atoms with Crippen LogP contribution in [0.2, 0.25) is 0 Å². The van der Waals surface area contributed by atoms with Crippen LogP contribution >= 0.6 is 11.8 Å². The zero-order valence-electron chi connectivity index (χ0n) is 21.2. The van der Waals surface area contributed by atoms with Crippen molar-refractivity contribution in [2.45, 2.75) is 62.5 Å². The van der Waals surface area contributed by atoms with E-state index in [9.17, 15) is 24.6 Å². The first-order valence-electron chi connectivity index (χ1n) is 12.1. The van der Waals surface area contributed by atoms with E-state index >= 15 is 0 Å². The second-order valence-electron chi connectivity index (χ2n) is 7.95. The van der Waals surface area contributed by atoms with E-state index in [2.05, 4.69) is 5.32 Å². The van der Waals surface area contributed by atoms with Gasteiger partial charge in [-0.05, 0) is 25.7 Å². The van der Waals surface area contributed by atoms with Crippen LogP contribution in [0.1, 0.15) is 39.0 Å². The van der Waals surface area contributed by atoms with E-state index < -0.39 is 47.9 Å². The van der Waals surface area contributed by atoms with E-state index in [1.165, 1.54) is 11.8 Å². The van der Waals surface area contributed by atoms with Gasteiger partial charge in [0.2, 0.25) is 5.91 Å². The number of thioether (sulfide) groups is 1. The number of nitrogens with two attached hydrogens (primary N) is 1. The minimum atomic E-state index is -1.17. The van der Waals surface area contributed by atoms with Gasteiger partial charge in [-0.1, -0.05) is 79.8 Å². The fraction of sp³-hybridized carbons (Fsp3) is 0.444. The molecule has 206 valence electrons. The number of hydrogen-bond acceptors (Lipinski definition) is 7. The standard InChI is InChI=1S/C27H40N2O7S/c1-2-3-9-14-21(30)15-10-6-4-5-7-12-17-24(23(31)16-11-8-13-18-25(32)33)37-20-22(28)27(36)29-19-26(34)35/h3-12,15,17,21-24,30-31H,2,13-14,16,18-20,28H2,1H3,(H,29,36)(H,32,33)(H,34,35)/b6-4-,7-5+,9-3-,11-8-,15-10+,17-12?/t21-,22-,23+,24-/m0/s1. The summed E-state index contributed by atoms with van der Waals surface area (Å²) >= 11 is 1.26. The first kappa shape index (κ1) is 34.1. The molecule has 37 heavy (non-hydrogen) atoms. The maximum Gasteiger partial charge on any atom is 0.322 e. The van der Waals surface area contributed by atoms with Gasteiger partial charge in [0.15, 0.2) is 0 Å². The van der Waals surface area contributed by atoms with Gasteiger partial charge in [-0.3, -0.25) is 14.4 Å². The van der Waals surface area contributed by atoms with Crippen molar-refractivity contribution < 1.29 is 34.8 Å². The number of allylic oxidation sites excluding steroid dienone is 8. The molecule has 1 amide bonds. The second kappa shape index (κ2) is 22.3. The first-order chi connectivity index (χ1) is 17.7. The van der Waals surface area contributed by atoms with Crippen LogP contribution in [0.3, 0.4) is 0 Å². The van der Waals surface area contributed by atoms with Crippen molar-refractivity contribution in [1.29, 1.82) is 0 Å². The van der Waals surface area contributed by atoms with Gasteiger partial charge in [0.1, 0.15) is 6.54 Å². The Bertz CT molecular complexity index is 850. The van der Waals surface area contributed by atoms with Crippen LogP contribution in [0.15, 0.2) is 72.9 Å². The van der Waals surface area contributed by atoms with Gasteiger partial charge >= 0.3 is 11.9 Å². The molecule has 10 heteroatoms. The van der Waals surface area contributed by atoms with Crippen molar-refractivity contribution in [3.05, 3.63) is 72.9 Å². The highest BCUT2D eigenvalue weighted by Crippen LogP contribution is 2.20. The molecule has 0 unspecified atom stereocenters. The maximum absolute atomic E-state index is 11.9. The third-order valence-corrected chi connectivity index (χ3v) is 6.04. The fourth-order valence-electron chi connectivity index (χ4n) is 2.68. The summed E-state index contributed by atoms with van der Waals surface area (Å²) in [5.74, 6) is -2.50. The number of rotatable bonds is 20. The van der Waals surface area contributed by atoms with Gasteiger partial charge in [-0.15, -0.1) is 11.8 Å². The lowest BCUT2D eigenvalue weighted by atomic mass is 10.1. The number of aliphatic carboxylic acids is 2. The van der Waals surface area contributed by atoms with Crippen molar-refractivity contribution in [3.8, 4) is 0 Å². The van der Waals surface area contributed by atoms with Gasteiger partial charge in [0.25, 0.3) is 0 Å². The Morgan fingerprint density at radius 3 is 2.11 bits per heavy atom. The maximum atomic E-state index is 11.9. The fourth-order valence-corrected chi connectivity index (χ4v) is 3.79. The summed E-state index contributed by atoms with van der Waals surface area (Å²) in [6.45, 7) is 1.51. The summed E-state index contributed by atoms with van der Waals surface area (Å²) in [6.07, 6.45) is 22.3. The highest BCUT2D eigenvalue weighted by molar-refractivity contribution is 8.00. The minimum absolute atomic E-state index is 0.00729. The zero-order chi connectivity index (χ0) is 27.9. The average molecular weight is 537 g/mol. The molecule has 0 rings (SSSR count). The van der Waals surface area contributed by atoms with Crippen molar-refractivity contribution in [2.24, 2.45) is 5.73 Å². The smallest absolute Gasteiger partial charge is 0.322 e. The molecule has 0 aromatic heterocycles. The molecule has 0 heterocycles. The number of hydrogen-bond donors (Lipinski definition) is 6. The molecule has 0 bridgehead atoms. The number of aliphatic hydroxyl groups is 2. The molecule has 4 atom stereocenters. The number of carboxylic acid groups (broad SMARTS) is 2. The highest BCUT2D eigenvalue weighted by Gasteiger charge is 2.20. The number of carbonyl (C=O) groups is 3. The van der Waals surface area contributed by atoms with Gasteiger partial charge in [0.05, 0.1) is 18.2 Å². The van der Waals surface area contributed by atoms with Gasteiger partial charge in [-0.25, -0.2) is 0 Å². The van der Waals surface area contributed by atoms with Crippen LogP contribution in [0.4, 0.5) is 0 Å². The van der Waals surface area contributed by atoms with Crippen LogP contribution in [0.25, 0.3) is 0 Å². The van der Waals surface area contributed by atoms with Crippen molar-refractivity contribution in [3.63, 3.8) is 0 Å². The van der Waals surface area contributed by atoms with E-state index in [-0.39, 0.29) is 18.6 Å². The lowest BCUT2D eigenvalue weighted by Crippen LogP contribution is -2.44. The first-order valence-corrected chi connectivity index (χ1v) is 13.1. The Balaban J connectivity index is 4.95. The highest BCUT2D eigenvalue weighted by atomic mass is 32.2. The Morgan fingerprint density at radius 1 is 0.865 bits per heavy atom. The molecule has 0 saturated heterocycles. The van der Waals surface area contributed by atoms with Crippen molar-refractivity contribution >= 4 is 29.6 Å². The van der Waals surface area contributed by atoms with Crippen molar-refractivity contribution in [1.82, 2.24) is 5.32 Å². The van der Waals surface area contributed by atoms with Gasteiger partial charge in [0, 0.05) is 17.4 Å². The van der Waals surface area contributed by atoms with Gasteiger partial charge < -0.3 is 31.5 Å². The summed E-state index contributed by atoms with van der Waals surface area (Å²) < 4.78 is 0. The van der Waals surface area contributed by atoms with Crippen LogP contribution in [-0.2, 0) is 14.4 Å². The number of amides is 1. The summed E-state index contributed by atoms with van der Waals surface area (Å²) in [7, 11) is 0. The quantitative estimate of drug-likeness (QED) is 0.101. The van der Waals surface area contributed by atoms with Crippen molar-refractivity contribution in [2.75, 3.05) is 12.3 Å². The molecular weight excluding hydrogens is 496 g/mol. The molecule has 0 aliphatic heterocycles. The molecule has 0 aliphatic rings. The van der Waals surface area contributed by atoms with E-state index in [1.54, 1.807) is 60.8 Å². The Labute approximate surface area is 223 Å². The molecule has 0 spiro atoms. The number of carbonyl (C=O) groups excluding carboxylic acids is 1. The average Bonchev–Trinajstić information content (AvgIpc) is 2.85. The molecule has 0 saturated carbocycles. The van der Waals surface area contributed by atoms with Crippen LogP contribution in [0, 0.1) is 0 Å². The summed E-state index contributed by atoms with van der Waals surface area (Å²) in [6, 6.07) is -0.948. The normalized spacial score (nSPS) is 15.9. The zero-order valence-corrected chi connectivity index (χ0v) is 22.0.